The molecular weight excluding hydrogens is 150 g/mol. The summed E-state index contributed by atoms with van der Waals surface area (Å²) in [6, 6.07) is 0.534. The first-order chi connectivity index (χ1) is 5.88. The van der Waals surface area contributed by atoms with Crippen molar-refractivity contribution >= 4 is 0 Å². The van der Waals surface area contributed by atoms with Gasteiger partial charge in [-0.2, -0.15) is 0 Å². The maximum absolute atomic E-state index is 4.12. The van der Waals surface area contributed by atoms with Gasteiger partial charge in [-0.1, -0.05) is 6.42 Å². The Morgan fingerprint density at radius 2 is 2.50 bits per heavy atom. The lowest BCUT2D eigenvalue weighted by Crippen LogP contribution is -2.28. The van der Waals surface area contributed by atoms with Gasteiger partial charge in [0.2, 0.25) is 0 Å². The molecule has 1 fully saturated rings. The van der Waals surface area contributed by atoms with Crippen molar-refractivity contribution in [3.63, 3.8) is 0 Å². The highest BCUT2D eigenvalue weighted by molar-refractivity contribution is 5.05. The second-order valence-corrected chi connectivity index (χ2v) is 3.43. The molecule has 0 amide bonds. The number of aromatic nitrogens is 2. The van der Waals surface area contributed by atoms with E-state index < -0.39 is 0 Å². The van der Waals surface area contributed by atoms with E-state index in [0.717, 1.165) is 6.54 Å². The van der Waals surface area contributed by atoms with Gasteiger partial charge in [-0.05, 0) is 19.4 Å². The van der Waals surface area contributed by atoms with Crippen molar-refractivity contribution in [3.05, 3.63) is 18.2 Å². The number of rotatable bonds is 1. The summed E-state index contributed by atoms with van der Waals surface area (Å²) in [6.45, 7) is 1.15. The molecule has 1 saturated heterocycles. The largest absolute Gasteiger partial charge is 0.336 e. The molecule has 1 atom stereocenters. The van der Waals surface area contributed by atoms with E-state index in [1.54, 1.807) is 0 Å². The van der Waals surface area contributed by atoms with Crippen molar-refractivity contribution < 1.29 is 0 Å². The van der Waals surface area contributed by atoms with E-state index in [9.17, 15) is 0 Å². The highest BCUT2D eigenvalue weighted by Crippen LogP contribution is 2.21. The van der Waals surface area contributed by atoms with Crippen molar-refractivity contribution in [2.75, 3.05) is 6.54 Å². The number of imidazole rings is 1. The van der Waals surface area contributed by atoms with E-state index in [1.165, 1.54) is 25.0 Å². The third kappa shape index (κ3) is 1.37. The molecule has 2 heterocycles. The van der Waals surface area contributed by atoms with Gasteiger partial charge in [-0.15, -0.1) is 0 Å². The summed E-state index contributed by atoms with van der Waals surface area (Å²) in [4.78, 5) is 4.12. The monoisotopic (exact) mass is 165 g/mol. The Hall–Kier alpha value is -0.830. The zero-order chi connectivity index (χ0) is 8.39. The van der Waals surface area contributed by atoms with Crippen LogP contribution < -0.4 is 5.32 Å². The van der Waals surface area contributed by atoms with Gasteiger partial charge in [0.1, 0.15) is 0 Å². The second kappa shape index (κ2) is 3.27. The summed E-state index contributed by atoms with van der Waals surface area (Å²) in [7, 11) is 2.05. The number of hydrogen-bond donors (Lipinski definition) is 1. The van der Waals surface area contributed by atoms with Gasteiger partial charge < -0.3 is 9.88 Å². The van der Waals surface area contributed by atoms with E-state index in [0.29, 0.717) is 6.04 Å². The summed E-state index contributed by atoms with van der Waals surface area (Å²) >= 11 is 0. The summed E-state index contributed by atoms with van der Waals surface area (Å²) < 4.78 is 2.10. The zero-order valence-corrected chi connectivity index (χ0v) is 7.45. The Morgan fingerprint density at radius 3 is 3.08 bits per heavy atom. The quantitative estimate of drug-likeness (QED) is 0.678. The van der Waals surface area contributed by atoms with Crippen LogP contribution in [0.2, 0.25) is 0 Å². The van der Waals surface area contributed by atoms with Crippen molar-refractivity contribution in [1.82, 2.24) is 14.9 Å². The highest BCUT2D eigenvalue weighted by atomic mass is 15.1. The Morgan fingerprint density at radius 1 is 1.58 bits per heavy atom. The lowest BCUT2D eigenvalue weighted by molar-refractivity contribution is 0.398. The van der Waals surface area contributed by atoms with E-state index >= 15 is 0 Å². The van der Waals surface area contributed by atoms with E-state index in [1.807, 2.05) is 12.5 Å². The van der Waals surface area contributed by atoms with Crippen LogP contribution in [0.15, 0.2) is 12.5 Å². The molecule has 1 N–H and O–H groups in total. The van der Waals surface area contributed by atoms with Crippen LogP contribution in [0.5, 0.6) is 0 Å². The Kier molecular flexibility index (Phi) is 2.13. The van der Waals surface area contributed by atoms with Crippen molar-refractivity contribution in [2.45, 2.75) is 25.3 Å². The maximum Gasteiger partial charge on any atom is 0.0946 e. The van der Waals surface area contributed by atoms with Crippen molar-refractivity contribution in [2.24, 2.45) is 7.05 Å². The number of nitrogens with zero attached hydrogens (tertiary/aromatic N) is 2. The van der Waals surface area contributed by atoms with Gasteiger partial charge in [0.25, 0.3) is 0 Å². The van der Waals surface area contributed by atoms with E-state index in [4.69, 9.17) is 0 Å². The molecule has 0 radical (unpaired) electrons. The first kappa shape index (κ1) is 7.80. The Bertz CT molecular complexity index is 248. The van der Waals surface area contributed by atoms with Crippen molar-refractivity contribution in [3.8, 4) is 0 Å². The van der Waals surface area contributed by atoms with Gasteiger partial charge in [-0.3, -0.25) is 0 Å². The van der Waals surface area contributed by atoms with Crippen LogP contribution in [0.1, 0.15) is 31.0 Å². The smallest absolute Gasteiger partial charge is 0.0946 e. The molecule has 1 aromatic rings. The van der Waals surface area contributed by atoms with E-state index in [2.05, 4.69) is 21.9 Å². The van der Waals surface area contributed by atoms with Crippen LogP contribution in [0.25, 0.3) is 0 Å². The minimum absolute atomic E-state index is 0.534. The summed E-state index contributed by atoms with van der Waals surface area (Å²) in [6.07, 6.45) is 7.73. The minimum Gasteiger partial charge on any atom is -0.336 e. The first-order valence-corrected chi connectivity index (χ1v) is 4.57. The summed E-state index contributed by atoms with van der Waals surface area (Å²) in [5, 5.41) is 3.50. The number of piperidine rings is 1. The number of aryl methyl sites for hydroxylation is 1. The lowest BCUT2D eigenvalue weighted by Gasteiger charge is -2.23. The van der Waals surface area contributed by atoms with E-state index in [-0.39, 0.29) is 0 Å². The van der Waals surface area contributed by atoms with Crippen LogP contribution in [-0.2, 0) is 7.05 Å². The minimum atomic E-state index is 0.534. The van der Waals surface area contributed by atoms with Gasteiger partial charge in [0, 0.05) is 19.3 Å². The average molecular weight is 165 g/mol. The molecule has 0 aromatic carbocycles. The maximum atomic E-state index is 4.12. The van der Waals surface area contributed by atoms with Gasteiger partial charge in [0.15, 0.2) is 0 Å². The summed E-state index contributed by atoms with van der Waals surface area (Å²) in [5.41, 5.74) is 1.31. The highest BCUT2D eigenvalue weighted by Gasteiger charge is 2.16. The molecule has 0 unspecified atom stereocenters. The third-order valence-electron chi connectivity index (χ3n) is 2.52. The van der Waals surface area contributed by atoms with Crippen LogP contribution in [0, 0.1) is 0 Å². The number of nitrogens with one attached hydrogen (secondary N) is 1. The van der Waals surface area contributed by atoms with Crippen LogP contribution in [-0.4, -0.2) is 16.1 Å². The van der Waals surface area contributed by atoms with Crippen LogP contribution in [0.3, 0.4) is 0 Å². The normalized spacial score (nSPS) is 24.2. The van der Waals surface area contributed by atoms with Crippen LogP contribution >= 0.6 is 0 Å². The molecular formula is C9H15N3. The topological polar surface area (TPSA) is 29.9 Å². The molecule has 66 valence electrons. The van der Waals surface area contributed by atoms with Gasteiger partial charge >= 0.3 is 0 Å². The second-order valence-electron chi connectivity index (χ2n) is 3.43. The molecule has 0 bridgehead atoms. The fraction of sp³-hybridized carbons (Fsp3) is 0.667. The molecule has 2 rings (SSSR count). The standard InChI is InChI=1S/C9H15N3/c1-12-7-10-6-9(12)8-4-2-3-5-11-8/h6-8,11H,2-5H2,1H3/t8-/m1/s1. The predicted octanol–water partition coefficient (Wildman–Crippen LogP) is 1.23. The lowest BCUT2D eigenvalue weighted by atomic mass is 10.0. The summed E-state index contributed by atoms with van der Waals surface area (Å²) in [5.74, 6) is 0. The average Bonchev–Trinajstić information content (AvgIpc) is 2.53. The zero-order valence-electron chi connectivity index (χ0n) is 7.45. The van der Waals surface area contributed by atoms with Gasteiger partial charge in [0.05, 0.1) is 12.0 Å². The predicted molar refractivity (Wildman–Crippen MR) is 47.8 cm³/mol. The fourth-order valence-electron chi connectivity index (χ4n) is 1.81. The SMILES string of the molecule is Cn1cncc1[C@H]1CCCCN1. The Balaban J connectivity index is 2.13. The number of hydrogen-bond acceptors (Lipinski definition) is 2. The molecule has 12 heavy (non-hydrogen) atoms. The molecule has 0 spiro atoms. The fourth-order valence-corrected chi connectivity index (χ4v) is 1.81. The molecule has 1 aromatic heterocycles. The van der Waals surface area contributed by atoms with Gasteiger partial charge in [-0.25, -0.2) is 4.98 Å². The molecule has 1 aliphatic heterocycles. The first-order valence-electron chi connectivity index (χ1n) is 4.57. The molecule has 0 aliphatic carbocycles. The molecule has 1 aliphatic rings. The molecule has 0 saturated carbocycles. The van der Waals surface area contributed by atoms with Crippen molar-refractivity contribution in [1.29, 1.82) is 0 Å². The third-order valence-corrected chi connectivity index (χ3v) is 2.52. The van der Waals surface area contributed by atoms with Crippen LogP contribution in [0.4, 0.5) is 0 Å². The Labute approximate surface area is 72.8 Å². The molecule has 3 heteroatoms. The molecule has 3 nitrogen and oxygen atoms in total.